The van der Waals surface area contributed by atoms with E-state index in [9.17, 15) is 9.90 Å². The molecule has 1 fully saturated rings. The number of aryl methyl sites for hydroxylation is 1. The van der Waals surface area contributed by atoms with Crippen LogP contribution in [-0.4, -0.2) is 17.1 Å². The molecule has 19 heavy (non-hydrogen) atoms. The summed E-state index contributed by atoms with van der Waals surface area (Å²) in [6.45, 7) is 3.66. The smallest absolute Gasteiger partial charge is 0.227 e. The van der Waals surface area contributed by atoms with Crippen LogP contribution in [0.2, 0.25) is 0 Å². The normalized spacial score (nSPS) is 23.1. The van der Waals surface area contributed by atoms with Crippen LogP contribution in [0, 0.1) is 19.8 Å². The standard InChI is InChI=1S/C15H22N2O2/c1-9-3-8-13(10(2)14(9)18)17-15(19)11-4-6-12(16)7-5-11/h3,8,11-12,18H,4-7,16H2,1-2H3,(H,17,19). The van der Waals surface area contributed by atoms with Gasteiger partial charge in [0.15, 0.2) is 0 Å². The fraction of sp³-hybridized carbons (Fsp3) is 0.533. The maximum atomic E-state index is 12.2. The van der Waals surface area contributed by atoms with Crippen molar-refractivity contribution in [1.82, 2.24) is 0 Å². The van der Waals surface area contributed by atoms with Crippen LogP contribution in [0.1, 0.15) is 36.8 Å². The molecule has 0 radical (unpaired) electrons. The number of anilines is 1. The number of nitrogens with two attached hydrogens (primary N) is 1. The molecule has 1 aromatic rings. The maximum absolute atomic E-state index is 12.2. The first-order valence-corrected chi connectivity index (χ1v) is 6.84. The minimum Gasteiger partial charge on any atom is -0.507 e. The number of benzene rings is 1. The van der Waals surface area contributed by atoms with Crippen LogP contribution in [0.4, 0.5) is 5.69 Å². The largest absolute Gasteiger partial charge is 0.507 e. The Hall–Kier alpha value is -1.55. The predicted molar refractivity (Wildman–Crippen MR) is 76.1 cm³/mol. The van der Waals surface area contributed by atoms with Crippen LogP contribution in [-0.2, 0) is 4.79 Å². The average Bonchev–Trinajstić information content (AvgIpc) is 2.40. The second-order valence-electron chi connectivity index (χ2n) is 5.50. The summed E-state index contributed by atoms with van der Waals surface area (Å²) < 4.78 is 0. The van der Waals surface area contributed by atoms with Crippen molar-refractivity contribution in [2.75, 3.05) is 5.32 Å². The van der Waals surface area contributed by atoms with Crippen LogP contribution < -0.4 is 11.1 Å². The van der Waals surface area contributed by atoms with E-state index in [2.05, 4.69) is 5.32 Å². The van der Waals surface area contributed by atoms with Gasteiger partial charge in [-0.3, -0.25) is 4.79 Å². The van der Waals surface area contributed by atoms with E-state index in [0.717, 1.165) is 36.8 Å². The maximum Gasteiger partial charge on any atom is 0.227 e. The van der Waals surface area contributed by atoms with E-state index in [-0.39, 0.29) is 23.6 Å². The van der Waals surface area contributed by atoms with Crippen LogP contribution in [0.3, 0.4) is 0 Å². The molecule has 1 aliphatic carbocycles. The number of nitrogens with one attached hydrogen (secondary N) is 1. The zero-order chi connectivity index (χ0) is 14.0. The number of aromatic hydroxyl groups is 1. The van der Waals surface area contributed by atoms with Gasteiger partial charge in [-0.2, -0.15) is 0 Å². The molecule has 0 aromatic heterocycles. The fourth-order valence-electron chi connectivity index (χ4n) is 2.59. The number of amides is 1. The van der Waals surface area contributed by atoms with E-state index in [0.29, 0.717) is 5.69 Å². The van der Waals surface area contributed by atoms with Crippen LogP contribution in [0.15, 0.2) is 12.1 Å². The number of phenols is 1. The molecule has 4 N–H and O–H groups in total. The fourth-order valence-corrected chi connectivity index (χ4v) is 2.59. The Morgan fingerprint density at radius 1 is 1.26 bits per heavy atom. The summed E-state index contributed by atoms with van der Waals surface area (Å²) >= 11 is 0. The number of carbonyl (C=O) groups is 1. The molecule has 0 aliphatic heterocycles. The number of phenolic OH excluding ortho intramolecular Hbond substituents is 1. The number of hydrogen-bond acceptors (Lipinski definition) is 3. The van der Waals surface area contributed by atoms with Gasteiger partial charge >= 0.3 is 0 Å². The molecule has 0 spiro atoms. The molecule has 1 saturated carbocycles. The van der Waals surface area contributed by atoms with Crippen molar-refractivity contribution in [1.29, 1.82) is 0 Å². The predicted octanol–water partition coefficient (Wildman–Crippen LogP) is 2.47. The molecule has 4 nitrogen and oxygen atoms in total. The molecule has 104 valence electrons. The molecule has 1 aliphatic rings. The zero-order valence-electron chi connectivity index (χ0n) is 11.6. The number of hydrogen-bond donors (Lipinski definition) is 3. The van der Waals surface area contributed by atoms with Gasteiger partial charge in [0.05, 0.1) is 0 Å². The minimum atomic E-state index is 0.0400. The van der Waals surface area contributed by atoms with Gasteiger partial charge in [0.25, 0.3) is 0 Å². The molecule has 0 saturated heterocycles. The van der Waals surface area contributed by atoms with E-state index in [4.69, 9.17) is 5.73 Å². The highest BCUT2D eigenvalue weighted by Crippen LogP contribution is 2.30. The molecule has 1 amide bonds. The summed E-state index contributed by atoms with van der Waals surface area (Å²) in [5, 5.41) is 12.8. The Morgan fingerprint density at radius 3 is 2.53 bits per heavy atom. The van der Waals surface area contributed by atoms with Crippen molar-refractivity contribution in [3.8, 4) is 5.75 Å². The molecular weight excluding hydrogens is 240 g/mol. The van der Waals surface area contributed by atoms with Crippen molar-refractivity contribution in [3.05, 3.63) is 23.3 Å². The van der Waals surface area contributed by atoms with Gasteiger partial charge in [0.1, 0.15) is 5.75 Å². The third-order valence-corrected chi connectivity index (χ3v) is 4.03. The number of rotatable bonds is 2. The molecule has 1 aromatic carbocycles. The van der Waals surface area contributed by atoms with Gasteiger partial charge in [0, 0.05) is 23.2 Å². The van der Waals surface area contributed by atoms with Crippen LogP contribution >= 0.6 is 0 Å². The first-order chi connectivity index (χ1) is 8.99. The first-order valence-electron chi connectivity index (χ1n) is 6.84. The summed E-state index contributed by atoms with van der Waals surface area (Å²) in [6, 6.07) is 3.90. The first kappa shape index (κ1) is 13.9. The molecule has 0 unspecified atom stereocenters. The van der Waals surface area contributed by atoms with Gasteiger partial charge in [-0.05, 0) is 51.2 Å². The van der Waals surface area contributed by atoms with Crippen LogP contribution in [0.5, 0.6) is 5.75 Å². The lowest BCUT2D eigenvalue weighted by molar-refractivity contribution is -0.120. The van der Waals surface area contributed by atoms with Crippen molar-refractivity contribution >= 4 is 11.6 Å². The molecular formula is C15H22N2O2. The summed E-state index contributed by atoms with van der Waals surface area (Å²) in [5.74, 6) is 0.337. The van der Waals surface area contributed by atoms with Crippen molar-refractivity contribution < 1.29 is 9.90 Å². The number of carbonyl (C=O) groups excluding carboxylic acids is 1. The SMILES string of the molecule is Cc1ccc(NC(=O)C2CCC(N)CC2)c(C)c1O. The Morgan fingerprint density at radius 2 is 1.89 bits per heavy atom. The van der Waals surface area contributed by atoms with Gasteiger partial charge in [-0.1, -0.05) is 6.07 Å². The highest BCUT2D eigenvalue weighted by atomic mass is 16.3. The quantitative estimate of drug-likeness (QED) is 0.766. The Labute approximate surface area is 114 Å². The Kier molecular flexibility index (Phi) is 4.10. The highest BCUT2D eigenvalue weighted by Gasteiger charge is 2.25. The van der Waals surface area contributed by atoms with Gasteiger partial charge in [0.2, 0.25) is 5.91 Å². The topological polar surface area (TPSA) is 75.4 Å². The molecule has 2 rings (SSSR count). The van der Waals surface area contributed by atoms with Crippen molar-refractivity contribution in [2.24, 2.45) is 11.7 Å². The highest BCUT2D eigenvalue weighted by molar-refractivity contribution is 5.93. The summed E-state index contributed by atoms with van der Waals surface area (Å²) in [7, 11) is 0. The van der Waals surface area contributed by atoms with Crippen LogP contribution in [0.25, 0.3) is 0 Å². The van der Waals surface area contributed by atoms with Crippen molar-refractivity contribution in [2.45, 2.75) is 45.6 Å². The summed E-state index contributed by atoms with van der Waals surface area (Å²) in [5.41, 5.74) is 8.08. The lowest BCUT2D eigenvalue weighted by Crippen LogP contribution is -2.32. The second kappa shape index (κ2) is 5.61. The van der Waals surface area contributed by atoms with Crippen molar-refractivity contribution in [3.63, 3.8) is 0 Å². The summed E-state index contributed by atoms with van der Waals surface area (Å²) in [6.07, 6.45) is 3.53. The van der Waals surface area contributed by atoms with E-state index >= 15 is 0 Å². The third kappa shape index (κ3) is 3.07. The molecule has 0 bridgehead atoms. The molecule has 4 heteroatoms. The van der Waals surface area contributed by atoms with Gasteiger partial charge < -0.3 is 16.2 Å². The summed E-state index contributed by atoms with van der Waals surface area (Å²) in [4.78, 5) is 12.2. The van der Waals surface area contributed by atoms with E-state index in [1.807, 2.05) is 26.0 Å². The Balaban J connectivity index is 2.05. The average molecular weight is 262 g/mol. The third-order valence-electron chi connectivity index (χ3n) is 4.03. The minimum absolute atomic E-state index is 0.0400. The lowest BCUT2D eigenvalue weighted by Gasteiger charge is -2.25. The molecule has 0 heterocycles. The monoisotopic (exact) mass is 262 g/mol. The van der Waals surface area contributed by atoms with E-state index < -0.39 is 0 Å². The van der Waals surface area contributed by atoms with Gasteiger partial charge in [-0.15, -0.1) is 0 Å². The lowest BCUT2D eigenvalue weighted by atomic mass is 9.86. The Bertz CT molecular complexity index is 477. The zero-order valence-corrected chi connectivity index (χ0v) is 11.6. The van der Waals surface area contributed by atoms with E-state index in [1.165, 1.54) is 0 Å². The second-order valence-corrected chi connectivity index (χ2v) is 5.50. The van der Waals surface area contributed by atoms with Gasteiger partial charge in [-0.25, -0.2) is 0 Å². The van der Waals surface area contributed by atoms with E-state index in [1.54, 1.807) is 0 Å². The molecule has 0 atom stereocenters.